The standard InChI is InChI=1S/C14H27N3O3/c1-9-8-17(5)7-6-10(9)15-13(20)16-11(12(18)19)14(2,3)4/h9-11H,6-8H2,1-5H3,(H,18,19)(H2,15,16,20). The Morgan fingerprint density at radius 1 is 1.35 bits per heavy atom. The van der Waals surface area contributed by atoms with Gasteiger partial charge >= 0.3 is 12.0 Å². The van der Waals surface area contributed by atoms with E-state index in [9.17, 15) is 14.7 Å². The zero-order valence-corrected chi connectivity index (χ0v) is 13.1. The highest BCUT2D eigenvalue weighted by Gasteiger charge is 2.33. The fourth-order valence-electron chi connectivity index (χ4n) is 2.56. The highest BCUT2D eigenvalue weighted by atomic mass is 16.4. The number of urea groups is 1. The Bertz CT molecular complexity index is 365. The molecule has 0 radical (unpaired) electrons. The molecule has 0 saturated carbocycles. The van der Waals surface area contributed by atoms with Crippen molar-refractivity contribution >= 4 is 12.0 Å². The average Bonchev–Trinajstić information content (AvgIpc) is 2.28. The van der Waals surface area contributed by atoms with Crippen molar-refractivity contribution < 1.29 is 14.7 Å². The monoisotopic (exact) mass is 285 g/mol. The Kier molecular flexibility index (Phi) is 5.39. The second-order valence-electron chi connectivity index (χ2n) is 6.89. The van der Waals surface area contributed by atoms with Crippen molar-refractivity contribution in [2.75, 3.05) is 20.1 Å². The number of hydrogen-bond acceptors (Lipinski definition) is 3. The molecule has 1 aliphatic rings. The minimum absolute atomic E-state index is 0.0978. The van der Waals surface area contributed by atoms with Crippen molar-refractivity contribution in [3.63, 3.8) is 0 Å². The van der Waals surface area contributed by atoms with Crippen LogP contribution in [0.25, 0.3) is 0 Å². The first-order valence-corrected chi connectivity index (χ1v) is 7.09. The SMILES string of the molecule is CC1CN(C)CCC1NC(=O)NC(C(=O)O)C(C)(C)C. The van der Waals surface area contributed by atoms with Crippen LogP contribution in [0.5, 0.6) is 0 Å². The molecule has 0 aromatic rings. The van der Waals surface area contributed by atoms with E-state index >= 15 is 0 Å². The molecular weight excluding hydrogens is 258 g/mol. The maximum Gasteiger partial charge on any atom is 0.326 e. The molecule has 1 aliphatic heterocycles. The number of carbonyl (C=O) groups is 2. The molecule has 0 aliphatic carbocycles. The molecule has 0 aromatic heterocycles. The number of likely N-dealkylation sites (tertiary alicyclic amines) is 1. The van der Waals surface area contributed by atoms with Gasteiger partial charge in [0.05, 0.1) is 0 Å². The van der Waals surface area contributed by atoms with Gasteiger partial charge in [-0.15, -0.1) is 0 Å². The van der Waals surface area contributed by atoms with Gasteiger partial charge in [-0.25, -0.2) is 9.59 Å². The van der Waals surface area contributed by atoms with Crippen LogP contribution in [0.4, 0.5) is 4.79 Å². The Labute approximate surface area is 120 Å². The van der Waals surface area contributed by atoms with E-state index in [0.29, 0.717) is 5.92 Å². The number of carbonyl (C=O) groups excluding carboxylic acids is 1. The van der Waals surface area contributed by atoms with E-state index in [-0.39, 0.29) is 6.04 Å². The topological polar surface area (TPSA) is 81.7 Å². The first-order chi connectivity index (χ1) is 9.11. The fraction of sp³-hybridized carbons (Fsp3) is 0.857. The molecule has 1 fully saturated rings. The Morgan fingerprint density at radius 3 is 2.40 bits per heavy atom. The summed E-state index contributed by atoms with van der Waals surface area (Å²) >= 11 is 0. The van der Waals surface area contributed by atoms with Gasteiger partial charge in [0.2, 0.25) is 0 Å². The summed E-state index contributed by atoms with van der Waals surface area (Å²) in [5.41, 5.74) is -0.526. The van der Waals surface area contributed by atoms with Crippen molar-refractivity contribution in [3.8, 4) is 0 Å². The number of aliphatic carboxylic acids is 1. The van der Waals surface area contributed by atoms with Gasteiger partial charge in [0.25, 0.3) is 0 Å². The van der Waals surface area contributed by atoms with E-state index in [1.807, 2.05) is 0 Å². The van der Waals surface area contributed by atoms with Gasteiger partial charge in [-0.05, 0) is 31.3 Å². The maximum absolute atomic E-state index is 12.0. The van der Waals surface area contributed by atoms with Crippen LogP contribution in [0, 0.1) is 11.3 Å². The number of hydrogen-bond donors (Lipinski definition) is 3. The van der Waals surface area contributed by atoms with Crippen molar-refractivity contribution in [1.82, 2.24) is 15.5 Å². The molecule has 20 heavy (non-hydrogen) atoms. The van der Waals surface area contributed by atoms with Gasteiger partial charge in [-0.1, -0.05) is 27.7 Å². The number of nitrogens with zero attached hydrogens (tertiary/aromatic N) is 1. The summed E-state index contributed by atoms with van der Waals surface area (Å²) in [6, 6.07) is -1.20. The van der Waals surface area contributed by atoms with Crippen molar-refractivity contribution in [2.24, 2.45) is 11.3 Å². The van der Waals surface area contributed by atoms with Crippen LogP contribution in [0.1, 0.15) is 34.1 Å². The van der Waals surface area contributed by atoms with Crippen LogP contribution >= 0.6 is 0 Å². The van der Waals surface area contributed by atoms with E-state index in [1.54, 1.807) is 20.8 Å². The smallest absolute Gasteiger partial charge is 0.326 e. The third kappa shape index (κ3) is 4.67. The first-order valence-electron chi connectivity index (χ1n) is 7.09. The van der Waals surface area contributed by atoms with Crippen LogP contribution in [0.3, 0.4) is 0 Å². The summed E-state index contributed by atoms with van der Waals surface area (Å²) in [6.07, 6.45) is 0.887. The second kappa shape index (κ2) is 6.43. The Hall–Kier alpha value is -1.30. The summed E-state index contributed by atoms with van der Waals surface area (Å²) in [7, 11) is 2.06. The summed E-state index contributed by atoms with van der Waals surface area (Å²) in [5, 5.41) is 14.7. The third-order valence-corrected chi connectivity index (χ3v) is 3.81. The minimum Gasteiger partial charge on any atom is -0.480 e. The molecule has 1 saturated heterocycles. The van der Waals surface area contributed by atoms with Gasteiger partial charge in [0, 0.05) is 12.6 Å². The minimum atomic E-state index is -1.01. The number of piperidine rings is 1. The molecule has 1 heterocycles. The molecule has 3 unspecified atom stereocenters. The van der Waals surface area contributed by atoms with E-state index < -0.39 is 23.5 Å². The molecule has 2 amide bonds. The Morgan fingerprint density at radius 2 is 1.95 bits per heavy atom. The average molecular weight is 285 g/mol. The highest BCUT2D eigenvalue weighted by Crippen LogP contribution is 2.20. The summed E-state index contributed by atoms with van der Waals surface area (Å²) in [4.78, 5) is 25.5. The highest BCUT2D eigenvalue weighted by molar-refractivity contribution is 5.83. The van der Waals surface area contributed by atoms with Gasteiger partial charge in [-0.3, -0.25) is 0 Å². The van der Waals surface area contributed by atoms with Gasteiger partial charge in [-0.2, -0.15) is 0 Å². The molecule has 6 heteroatoms. The lowest BCUT2D eigenvalue weighted by molar-refractivity contribution is -0.141. The summed E-state index contributed by atoms with van der Waals surface area (Å²) < 4.78 is 0. The van der Waals surface area contributed by atoms with Crippen LogP contribution in [-0.2, 0) is 4.79 Å². The van der Waals surface area contributed by atoms with Crippen molar-refractivity contribution in [2.45, 2.75) is 46.2 Å². The molecule has 0 spiro atoms. The lowest BCUT2D eigenvalue weighted by atomic mass is 9.87. The molecule has 0 aromatic carbocycles. The van der Waals surface area contributed by atoms with E-state index in [4.69, 9.17) is 0 Å². The predicted octanol–water partition coefficient (Wildman–Crippen LogP) is 1.13. The predicted molar refractivity (Wildman–Crippen MR) is 77.6 cm³/mol. The fourth-order valence-corrected chi connectivity index (χ4v) is 2.56. The zero-order valence-electron chi connectivity index (χ0n) is 13.1. The maximum atomic E-state index is 12.0. The molecule has 3 atom stereocenters. The van der Waals surface area contributed by atoms with Gasteiger partial charge in [0.15, 0.2) is 0 Å². The summed E-state index contributed by atoms with van der Waals surface area (Å²) in [6.45, 7) is 9.36. The summed E-state index contributed by atoms with van der Waals surface area (Å²) in [5.74, 6) is -0.651. The van der Waals surface area contributed by atoms with Crippen LogP contribution < -0.4 is 10.6 Å². The molecule has 116 valence electrons. The second-order valence-corrected chi connectivity index (χ2v) is 6.89. The number of rotatable bonds is 3. The lowest BCUT2D eigenvalue weighted by Gasteiger charge is -2.36. The number of amides is 2. The first kappa shape index (κ1) is 16.8. The third-order valence-electron chi connectivity index (χ3n) is 3.81. The quantitative estimate of drug-likeness (QED) is 0.726. The normalized spacial score (nSPS) is 25.9. The Balaban J connectivity index is 2.56. The van der Waals surface area contributed by atoms with E-state index in [2.05, 4.69) is 29.5 Å². The van der Waals surface area contributed by atoms with Gasteiger partial charge < -0.3 is 20.6 Å². The van der Waals surface area contributed by atoms with E-state index in [0.717, 1.165) is 19.5 Å². The molecule has 3 N–H and O–H groups in total. The van der Waals surface area contributed by atoms with Crippen LogP contribution in [0.2, 0.25) is 0 Å². The van der Waals surface area contributed by atoms with Crippen LogP contribution in [0.15, 0.2) is 0 Å². The van der Waals surface area contributed by atoms with E-state index in [1.165, 1.54) is 0 Å². The number of carboxylic acids is 1. The van der Waals surface area contributed by atoms with Crippen LogP contribution in [-0.4, -0.2) is 54.2 Å². The molecule has 1 rings (SSSR count). The molecular formula is C14H27N3O3. The molecule has 0 bridgehead atoms. The van der Waals surface area contributed by atoms with Crippen molar-refractivity contribution in [1.29, 1.82) is 0 Å². The van der Waals surface area contributed by atoms with Crippen molar-refractivity contribution in [3.05, 3.63) is 0 Å². The number of nitrogens with one attached hydrogen (secondary N) is 2. The molecule has 6 nitrogen and oxygen atoms in total. The lowest BCUT2D eigenvalue weighted by Crippen LogP contribution is -2.56. The number of carboxylic acid groups (broad SMARTS) is 1. The zero-order chi connectivity index (χ0) is 15.5. The largest absolute Gasteiger partial charge is 0.480 e. The van der Waals surface area contributed by atoms with Gasteiger partial charge in [0.1, 0.15) is 6.04 Å².